The second-order valence-corrected chi connectivity index (χ2v) is 7.06. The molecule has 6 heteroatoms. The number of aliphatic hydroxyl groups is 1. The summed E-state index contributed by atoms with van der Waals surface area (Å²) in [4.78, 5) is 13.8. The second kappa shape index (κ2) is 6.36. The maximum absolute atomic E-state index is 13.7. The predicted molar refractivity (Wildman–Crippen MR) is 95.7 cm³/mol. The fourth-order valence-electron chi connectivity index (χ4n) is 3.84. The molecular weight excluding hydrogens is 338 g/mol. The molecule has 4 nitrogen and oxygen atoms in total. The van der Waals surface area contributed by atoms with Crippen LogP contribution in [0.25, 0.3) is 21.8 Å². The van der Waals surface area contributed by atoms with Crippen LogP contribution in [-0.2, 0) is 11.3 Å². The summed E-state index contributed by atoms with van der Waals surface area (Å²) in [7, 11) is 0. The van der Waals surface area contributed by atoms with Crippen LogP contribution < -0.4 is 0 Å². The molecule has 1 saturated heterocycles. The van der Waals surface area contributed by atoms with Crippen molar-refractivity contribution in [2.45, 2.75) is 26.0 Å². The number of hydrogen-bond acceptors (Lipinski definition) is 2. The quantitative estimate of drug-likeness (QED) is 0.778. The van der Waals surface area contributed by atoms with Gasteiger partial charge in [0.15, 0.2) is 0 Å². The first-order valence-corrected chi connectivity index (χ1v) is 8.78. The van der Waals surface area contributed by atoms with E-state index in [1.165, 1.54) is 24.3 Å². The maximum atomic E-state index is 13.7. The number of halogens is 2. The third-order valence-corrected chi connectivity index (χ3v) is 5.18. The number of aromatic nitrogens is 1. The number of rotatable bonds is 4. The van der Waals surface area contributed by atoms with Crippen molar-refractivity contribution >= 4 is 27.7 Å². The molecule has 1 N–H and O–H groups in total. The van der Waals surface area contributed by atoms with Crippen molar-refractivity contribution in [2.24, 2.45) is 5.92 Å². The highest BCUT2D eigenvalue weighted by atomic mass is 19.1. The summed E-state index contributed by atoms with van der Waals surface area (Å²) < 4.78 is 29.2. The molecule has 136 valence electrons. The van der Waals surface area contributed by atoms with Crippen molar-refractivity contribution in [1.82, 2.24) is 9.47 Å². The van der Waals surface area contributed by atoms with Crippen LogP contribution in [0.15, 0.2) is 36.4 Å². The molecule has 2 atom stereocenters. The van der Waals surface area contributed by atoms with Crippen molar-refractivity contribution in [1.29, 1.82) is 0 Å². The highest BCUT2D eigenvalue weighted by molar-refractivity contribution is 6.08. The van der Waals surface area contributed by atoms with E-state index < -0.39 is 17.7 Å². The van der Waals surface area contributed by atoms with E-state index in [1.54, 1.807) is 17.0 Å². The fraction of sp³-hybridized carbons (Fsp3) is 0.350. The molecular formula is C20H20F2N2O2. The van der Waals surface area contributed by atoms with Gasteiger partial charge < -0.3 is 14.6 Å². The van der Waals surface area contributed by atoms with Crippen LogP contribution in [-0.4, -0.2) is 39.7 Å². The molecule has 0 radical (unpaired) electrons. The third kappa shape index (κ3) is 2.84. The fourth-order valence-corrected chi connectivity index (χ4v) is 3.84. The number of likely N-dealkylation sites (tertiary alicyclic amines) is 1. The van der Waals surface area contributed by atoms with Gasteiger partial charge in [-0.05, 0) is 42.8 Å². The molecule has 2 heterocycles. The summed E-state index contributed by atoms with van der Waals surface area (Å²) in [5, 5.41) is 11.8. The standard InChI is InChI=1S/C20H20F2N2O2/c1-12-6-7-23(20(12)26)10-15(25)11-24-18-4-2-13(21)8-16(18)17-9-14(22)3-5-19(17)24/h2-5,8-9,12,15,25H,6-7,10-11H2,1H3/t12-,15+/m0/s1. The van der Waals surface area contributed by atoms with Crippen LogP contribution in [0.1, 0.15) is 13.3 Å². The molecule has 0 saturated carbocycles. The van der Waals surface area contributed by atoms with E-state index in [-0.39, 0.29) is 24.9 Å². The Labute approximate surface area is 149 Å². The largest absolute Gasteiger partial charge is 0.389 e. The van der Waals surface area contributed by atoms with Gasteiger partial charge >= 0.3 is 0 Å². The number of nitrogens with zero attached hydrogens (tertiary/aromatic N) is 2. The zero-order chi connectivity index (χ0) is 18.4. The third-order valence-electron chi connectivity index (χ3n) is 5.18. The van der Waals surface area contributed by atoms with E-state index in [9.17, 15) is 18.7 Å². The average molecular weight is 358 g/mol. The van der Waals surface area contributed by atoms with Crippen LogP contribution in [0.5, 0.6) is 0 Å². The smallest absolute Gasteiger partial charge is 0.225 e. The number of benzene rings is 2. The minimum absolute atomic E-state index is 0.00129. The van der Waals surface area contributed by atoms with Crippen LogP contribution in [0, 0.1) is 17.6 Å². The Kier molecular flexibility index (Phi) is 4.15. The van der Waals surface area contributed by atoms with Crippen molar-refractivity contribution in [2.75, 3.05) is 13.1 Å². The minimum atomic E-state index is -0.766. The number of β-amino-alcohol motifs (C(OH)–C–C–N with tert-alkyl or cyclic N) is 1. The SMILES string of the molecule is C[C@H]1CCN(C[C@@H](O)Cn2c3ccc(F)cc3c3cc(F)ccc32)C1=O. The first kappa shape index (κ1) is 17.0. The summed E-state index contributed by atoms with van der Waals surface area (Å²) in [5.41, 5.74) is 1.46. The summed E-state index contributed by atoms with van der Waals surface area (Å²) >= 11 is 0. The highest BCUT2D eigenvalue weighted by Crippen LogP contribution is 2.30. The Morgan fingerprint density at radius 2 is 1.65 bits per heavy atom. The molecule has 0 aliphatic carbocycles. The van der Waals surface area contributed by atoms with Crippen molar-refractivity contribution in [3.8, 4) is 0 Å². The van der Waals surface area contributed by atoms with E-state index in [2.05, 4.69) is 0 Å². The highest BCUT2D eigenvalue weighted by Gasteiger charge is 2.29. The Balaban J connectivity index is 1.70. The van der Waals surface area contributed by atoms with Gasteiger partial charge in [0, 0.05) is 40.8 Å². The van der Waals surface area contributed by atoms with Gasteiger partial charge in [-0.1, -0.05) is 6.92 Å². The first-order valence-electron chi connectivity index (χ1n) is 8.78. The number of carbonyl (C=O) groups is 1. The summed E-state index contributed by atoms with van der Waals surface area (Å²) in [6, 6.07) is 8.74. The van der Waals surface area contributed by atoms with Crippen LogP contribution in [0.3, 0.4) is 0 Å². The van der Waals surface area contributed by atoms with Crippen molar-refractivity contribution < 1.29 is 18.7 Å². The van der Waals surface area contributed by atoms with Gasteiger partial charge in [-0.3, -0.25) is 4.79 Å². The van der Waals surface area contributed by atoms with Gasteiger partial charge in [-0.25, -0.2) is 8.78 Å². The van der Waals surface area contributed by atoms with Crippen molar-refractivity contribution in [3.05, 3.63) is 48.0 Å². The summed E-state index contributed by atoms with van der Waals surface area (Å²) in [6.45, 7) is 3.05. The topological polar surface area (TPSA) is 45.5 Å². The van der Waals surface area contributed by atoms with E-state index in [0.717, 1.165) is 17.5 Å². The predicted octanol–water partition coefficient (Wildman–Crippen LogP) is 3.30. The van der Waals surface area contributed by atoms with E-state index in [0.29, 0.717) is 17.3 Å². The lowest BCUT2D eigenvalue weighted by Crippen LogP contribution is -2.36. The van der Waals surface area contributed by atoms with Crippen LogP contribution in [0.2, 0.25) is 0 Å². The van der Waals surface area contributed by atoms with Gasteiger partial charge in [-0.15, -0.1) is 0 Å². The van der Waals surface area contributed by atoms with Gasteiger partial charge in [-0.2, -0.15) is 0 Å². The zero-order valence-corrected chi connectivity index (χ0v) is 14.5. The monoisotopic (exact) mass is 358 g/mol. The molecule has 1 amide bonds. The summed E-state index contributed by atoms with van der Waals surface area (Å²) in [6.07, 6.45) is 0.0395. The van der Waals surface area contributed by atoms with Gasteiger partial charge in [0.25, 0.3) is 0 Å². The van der Waals surface area contributed by atoms with E-state index in [4.69, 9.17) is 0 Å². The minimum Gasteiger partial charge on any atom is -0.389 e. The van der Waals surface area contributed by atoms with Gasteiger partial charge in [0.05, 0.1) is 12.6 Å². The lowest BCUT2D eigenvalue weighted by molar-refractivity contribution is -0.131. The Morgan fingerprint density at radius 1 is 1.08 bits per heavy atom. The zero-order valence-electron chi connectivity index (χ0n) is 14.5. The molecule has 0 unspecified atom stereocenters. The molecule has 1 aliphatic rings. The Bertz CT molecular complexity index is 939. The molecule has 3 aromatic rings. The second-order valence-electron chi connectivity index (χ2n) is 7.06. The number of fused-ring (bicyclic) bond motifs is 3. The first-order chi connectivity index (χ1) is 12.4. The number of carbonyl (C=O) groups excluding carboxylic acids is 1. The number of aliphatic hydroxyl groups excluding tert-OH is 1. The molecule has 1 aromatic heterocycles. The Hall–Kier alpha value is -2.47. The maximum Gasteiger partial charge on any atom is 0.225 e. The normalized spacial score (nSPS) is 19.0. The molecule has 2 aromatic carbocycles. The number of amides is 1. The molecule has 4 rings (SSSR count). The lowest BCUT2D eigenvalue weighted by atomic mass is 10.1. The van der Waals surface area contributed by atoms with Gasteiger partial charge in [0.1, 0.15) is 11.6 Å². The summed E-state index contributed by atoms with van der Waals surface area (Å²) in [5.74, 6) is -0.715. The van der Waals surface area contributed by atoms with Crippen molar-refractivity contribution in [3.63, 3.8) is 0 Å². The molecule has 0 spiro atoms. The molecule has 1 fully saturated rings. The molecule has 1 aliphatic heterocycles. The molecule has 0 bridgehead atoms. The average Bonchev–Trinajstić information content (AvgIpc) is 3.07. The molecule has 26 heavy (non-hydrogen) atoms. The Morgan fingerprint density at radius 3 is 2.15 bits per heavy atom. The van der Waals surface area contributed by atoms with Crippen LogP contribution in [0.4, 0.5) is 8.78 Å². The van der Waals surface area contributed by atoms with E-state index >= 15 is 0 Å². The van der Waals surface area contributed by atoms with E-state index in [1.807, 2.05) is 11.5 Å². The lowest BCUT2D eigenvalue weighted by Gasteiger charge is -2.21. The van der Waals surface area contributed by atoms with Crippen LogP contribution >= 0.6 is 0 Å². The van der Waals surface area contributed by atoms with Gasteiger partial charge in [0.2, 0.25) is 5.91 Å². The number of hydrogen-bond donors (Lipinski definition) is 1.